The summed E-state index contributed by atoms with van der Waals surface area (Å²) in [4.78, 5) is 12.6. The molecule has 0 aromatic heterocycles. The third kappa shape index (κ3) is 2.97. The van der Waals surface area contributed by atoms with E-state index in [1.54, 1.807) is 0 Å². The highest BCUT2D eigenvalue weighted by Gasteiger charge is 2.32. The summed E-state index contributed by atoms with van der Waals surface area (Å²) in [5, 5.41) is 18.2. The lowest BCUT2D eigenvalue weighted by molar-refractivity contribution is -0.158. The number of rotatable bonds is 3. The minimum Gasteiger partial charge on any atom is -0.479 e. The Balaban J connectivity index is 2.41. The van der Waals surface area contributed by atoms with E-state index in [1.165, 1.54) is 13.3 Å². The number of carboxylic acids is 1. The van der Waals surface area contributed by atoms with Gasteiger partial charge in [-0.3, -0.25) is 4.90 Å². The standard InChI is InChI=1S/C9H17NO3/c1-9(13,8(11)12)7-10-5-3-2-4-6-10/h13H,2-7H2,1H3,(H,11,12). The lowest BCUT2D eigenvalue weighted by atomic mass is 10.0. The molecule has 76 valence electrons. The quantitative estimate of drug-likeness (QED) is 0.667. The number of β-amino-alcohol motifs (C(OH)–C–C–N with tert-alkyl or cyclic N) is 1. The zero-order valence-electron chi connectivity index (χ0n) is 7.99. The average Bonchev–Trinajstić information content (AvgIpc) is 2.05. The lowest BCUT2D eigenvalue weighted by Crippen LogP contribution is -2.48. The van der Waals surface area contributed by atoms with E-state index < -0.39 is 11.6 Å². The first-order valence-electron chi connectivity index (χ1n) is 4.70. The van der Waals surface area contributed by atoms with E-state index in [4.69, 9.17) is 5.11 Å². The SMILES string of the molecule is CC(O)(CN1CCCCC1)C(=O)O. The second-order valence-electron chi connectivity index (χ2n) is 3.92. The van der Waals surface area contributed by atoms with Gasteiger partial charge in [0.15, 0.2) is 5.60 Å². The Labute approximate surface area is 78.2 Å². The molecule has 0 aromatic rings. The average molecular weight is 187 g/mol. The van der Waals surface area contributed by atoms with Gasteiger partial charge in [-0.1, -0.05) is 6.42 Å². The molecule has 0 radical (unpaired) electrons. The van der Waals surface area contributed by atoms with Crippen molar-refractivity contribution in [3.05, 3.63) is 0 Å². The van der Waals surface area contributed by atoms with Gasteiger partial charge in [-0.25, -0.2) is 4.79 Å². The van der Waals surface area contributed by atoms with Crippen molar-refractivity contribution < 1.29 is 15.0 Å². The molecular formula is C9H17NO3. The largest absolute Gasteiger partial charge is 0.479 e. The molecule has 1 rings (SSSR count). The predicted octanol–water partition coefficient (Wildman–Crippen LogP) is 0.308. The molecule has 1 atom stereocenters. The van der Waals surface area contributed by atoms with Crippen molar-refractivity contribution in [3.63, 3.8) is 0 Å². The fourth-order valence-electron chi connectivity index (χ4n) is 1.62. The Morgan fingerprint density at radius 2 is 1.92 bits per heavy atom. The fraction of sp³-hybridized carbons (Fsp3) is 0.889. The summed E-state index contributed by atoms with van der Waals surface area (Å²) in [5.74, 6) is -1.14. The zero-order chi connectivity index (χ0) is 9.90. The third-order valence-corrected chi connectivity index (χ3v) is 2.44. The Morgan fingerprint density at radius 1 is 1.38 bits per heavy atom. The van der Waals surface area contributed by atoms with E-state index in [1.807, 2.05) is 4.90 Å². The molecular weight excluding hydrogens is 170 g/mol. The van der Waals surface area contributed by atoms with Crippen LogP contribution in [-0.4, -0.2) is 46.3 Å². The van der Waals surface area contributed by atoms with Crippen molar-refractivity contribution in [1.29, 1.82) is 0 Å². The number of nitrogens with zero attached hydrogens (tertiary/aromatic N) is 1. The highest BCUT2D eigenvalue weighted by Crippen LogP contribution is 2.13. The van der Waals surface area contributed by atoms with E-state index >= 15 is 0 Å². The van der Waals surface area contributed by atoms with Gasteiger partial charge < -0.3 is 10.2 Å². The van der Waals surface area contributed by atoms with Crippen LogP contribution in [0.1, 0.15) is 26.2 Å². The van der Waals surface area contributed by atoms with Gasteiger partial charge in [0.2, 0.25) is 0 Å². The van der Waals surface area contributed by atoms with Crippen LogP contribution < -0.4 is 0 Å². The summed E-state index contributed by atoms with van der Waals surface area (Å²) >= 11 is 0. The zero-order valence-corrected chi connectivity index (χ0v) is 7.99. The number of piperidine rings is 1. The predicted molar refractivity (Wildman–Crippen MR) is 48.6 cm³/mol. The van der Waals surface area contributed by atoms with Crippen molar-refractivity contribution in [1.82, 2.24) is 4.90 Å². The summed E-state index contributed by atoms with van der Waals surface area (Å²) in [6, 6.07) is 0. The van der Waals surface area contributed by atoms with Crippen LogP contribution in [-0.2, 0) is 4.79 Å². The number of aliphatic carboxylic acids is 1. The summed E-state index contributed by atoms with van der Waals surface area (Å²) in [6.07, 6.45) is 3.43. The molecule has 1 saturated heterocycles. The van der Waals surface area contributed by atoms with Gasteiger partial charge in [0, 0.05) is 6.54 Å². The second kappa shape index (κ2) is 4.07. The van der Waals surface area contributed by atoms with E-state index in [2.05, 4.69) is 0 Å². The van der Waals surface area contributed by atoms with Crippen LogP contribution >= 0.6 is 0 Å². The van der Waals surface area contributed by atoms with Crippen LogP contribution in [0.4, 0.5) is 0 Å². The van der Waals surface area contributed by atoms with Crippen molar-refractivity contribution in [2.45, 2.75) is 31.8 Å². The second-order valence-corrected chi connectivity index (χ2v) is 3.92. The first-order chi connectivity index (χ1) is 6.02. The molecule has 0 spiro atoms. The summed E-state index contributed by atoms with van der Waals surface area (Å²) in [5.41, 5.74) is -1.60. The minimum absolute atomic E-state index is 0.238. The molecule has 0 amide bonds. The van der Waals surface area contributed by atoms with Crippen LogP contribution in [0.3, 0.4) is 0 Å². The molecule has 1 heterocycles. The molecule has 0 aromatic carbocycles. The Morgan fingerprint density at radius 3 is 2.38 bits per heavy atom. The molecule has 1 aliphatic rings. The first kappa shape index (κ1) is 10.5. The lowest BCUT2D eigenvalue weighted by Gasteiger charge is -2.31. The van der Waals surface area contributed by atoms with Crippen LogP contribution in [0.25, 0.3) is 0 Å². The molecule has 13 heavy (non-hydrogen) atoms. The van der Waals surface area contributed by atoms with E-state index in [9.17, 15) is 9.90 Å². The van der Waals surface area contributed by atoms with Crippen molar-refractivity contribution in [2.24, 2.45) is 0 Å². The number of hydrogen-bond donors (Lipinski definition) is 2. The Bertz CT molecular complexity index is 185. The van der Waals surface area contributed by atoms with Crippen LogP contribution in [0, 0.1) is 0 Å². The van der Waals surface area contributed by atoms with Gasteiger partial charge in [-0.2, -0.15) is 0 Å². The van der Waals surface area contributed by atoms with E-state index in [-0.39, 0.29) is 6.54 Å². The number of likely N-dealkylation sites (tertiary alicyclic amines) is 1. The smallest absolute Gasteiger partial charge is 0.336 e. The van der Waals surface area contributed by atoms with Crippen LogP contribution in [0.2, 0.25) is 0 Å². The van der Waals surface area contributed by atoms with Gasteiger partial charge in [-0.05, 0) is 32.9 Å². The van der Waals surface area contributed by atoms with E-state index in [0.717, 1.165) is 25.9 Å². The number of carboxylic acid groups (broad SMARTS) is 1. The molecule has 1 fully saturated rings. The van der Waals surface area contributed by atoms with Gasteiger partial charge >= 0.3 is 5.97 Å². The maximum atomic E-state index is 10.6. The molecule has 0 bridgehead atoms. The molecule has 1 aliphatic heterocycles. The number of carbonyl (C=O) groups is 1. The number of aliphatic hydroxyl groups is 1. The molecule has 4 heteroatoms. The topological polar surface area (TPSA) is 60.8 Å². The molecule has 0 aliphatic carbocycles. The van der Waals surface area contributed by atoms with Gasteiger partial charge in [-0.15, -0.1) is 0 Å². The van der Waals surface area contributed by atoms with Gasteiger partial charge in [0.1, 0.15) is 0 Å². The maximum Gasteiger partial charge on any atom is 0.336 e. The summed E-state index contributed by atoms with van der Waals surface area (Å²) < 4.78 is 0. The van der Waals surface area contributed by atoms with Crippen molar-refractivity contribution >= 4 is 5.97 Å². The number of hydrogen-bond acceptors (Lipinski definition) is 3. The van der Waals surface area contributed by atoms with Gasteiger partial charge in [0.25, 0.3) is 0 Å². The van der Waals surface area contributed by atoms with Crippen molar-refractivity contribution in [3.8, 4) is 0 Å². The van der Waals surface area contributed by atoms with Gasteiger partial charge in [0.05, 0.1) is 0 Å². The fourth-order valence-corrected chi connectivity index (χ4v) is 1.62. The molecule has 0 saturated carbocycles. The Kier molecular flexibility index (Phi) is 3.27. The van der Waals surface area contributed by atoms with Crippen LogP contribution in [0.5, 0.6) is 0 Å². The monoisotopic (exact) mass is 187 g/mol. The van der Waals surface area contributed by atoms with Crippen molar-refractivity contribution in [2.75, 3.05) is 19.6 Å². The Hall–Kier alpha value is -0.610. The molecule has 4 nitrogen and oxygen atoms in total. The molecule has 1 unspecified atom stereocenters. The maximum absolute atomic E-state index is 10.6. The highest BCUT2D eigenvalue weighted by atomic mass is 16.4. The summed E-state index contributed by atoms with van der Waals surface area (Å²) in [7, 11) is 0. The first-order valence-corrected chi connectivity index (χ1v) is 4.70. The highest BCUT2D eigenvalue weighted by molar-refractivity contribution is 5.76. The van der Waals surface area contributed by atoms with E-state index in [0.29, 0.717) is 0 Å². The minimum atomic E-state index is -1.60. The molecule has 2 N–H and O–H groups in total. The normalized spacial score (nSPS) is 23.8. The third-order valence-electron chi connectivity index (χ3n) is 2.44. The van der Waals surface area contributed by atoms with Crippen LogP contribution in [0.15, 0.2) is 0 Å². The summed E-state index contributed by atoms with van der Waals surface area (Å²) in [6.45, 7) is 3.40.